The van der Waals surface area contributed by atoms with Crippen LogP contribution in [0.15, 0.2) is 54.6 Å². The molecular formula is C25H32N4O2. The molecule has 0 aliphatic heterocycles. The van der Waals surface area contributed by atoms with E-state index in [1.54, 1.807) is 0 Å². The van der Waals surface area contributed by atoms with E-state index >= 15 is 0 Å². The van der Waals surface area contributed by atoms with Crippen LogP contribution in [0.25, 0.3) is 11.0 Å². The lowest BCUT2D eigenvalue weighted by Gasteiger charge is -2.20. The van der Waals surface area contributed by atoms with Crippen molar-refractivity contribution in [1.82, 2.24) is 19.8 Å². The SMILES string of the molecule is CCN(CC)C(=O)Cn1c(CCCCCNC(=O)c2ccccc2)nc2ccccc21. The first kappa shape index (κ1) is 22.5. The van der Waals surface area contributed by atoms with Crippen LogP contribution in [0.2, 0.25) is 0 Å². The van der Waals surface area contributed by atoms with Crippen LogP contribution in [0.1, 0.15) is 49.3 Å². The first-order valence-corrected chi connectivity index (χ1v) is 11.2. The van der Waals surface area contributed by atoms with E-state index in [-0.39, 0.29) is 11.8 Å². The van der Waals surface area contributed by atoms with Crippen molar-refractivity contribution in [2.24, 2.45) is 0 Å². The molecule has 0 fully saturated rings. The van der Waals surface area contributed by atoms with Crippen molar-refractivity contribution in [3.05, 3.63) is 66.0 Å². The number of rotatable bonds is 11. The van der Waals surface area contributed by atoms with Crippen LogP contribution in [-0.2, 0) is 17.8 Å². The average Bonchev–Trinajstić information content (AvgIpc) is 3.14. The molecule has 31 heavy (non-hydrogen) atoms. The number of hydrogen-bond acceptors (Lipinski definition) is 3. The monoisotopic (exact) mass is 420 g/mol. The Morgan fingerprint density at radius 3 is 2.39 bits per heavy atom. The molecule has 3 aromatic rings. The molecule has 2 amide bonds. The van der Waals surface area contributed by atoms with E-state index in [9.17, 15) is 9.59 Å². The van der Waals surface area contributed by atoms with E-state index in [2.05, 4.69) is 9.88 Å². The molecule has 164 valence electrons. The summed E-state index contributed by atoms with van der Waals surface area (Å²) in [6.45, 7) is 6.42. The third-order valence-corrected chi connectivity index (χ3v) is 5.54. The summed E-state index contributed by atoms with van der Waals surface area (Å²) in [6, 6.07) is 17.3. The number of benzene rings is 2. The van der Waals surface area contributed by atoms with E-state index in [1.165, 1.54) is 0 Å². The van der Waals surface area contributed by atoms with Crippen LogP contribution in [0.4, 0.5) is 0 Å². The van der Waals surface area contributed by atoms with Gasteiger partial charge in [-0.15, -0.1) is 0 Å². The zero-order valence-corrected chi connectivity index (χ0v) is 18.5. The Balaban J connectivity index is 1.54. The predicted molar refractivity (Wildman–Crippen MR) is 124 cm³/mol. The minimum Gasteiger partial charge on any atom is -0.352 e. The Kier molecular flexibility index (Phi) is 8.21. The number of nitrogens with zero attached hydrogens (tertiary/aromatic N) is 3. The Hall–Kier alpha value is -3.15. The minimum atomic E-state index is -0.0303. The summed E-state index contributed by atoms with van der Waals surface area (Å²) >= 11 is 0. The molecule has 0 aliphatic rings. The van der Waals surface area contributed by atoms with Crippen molar-refractivity contribution in [2.45, 2.75) is 46.1 Å². The zero-order chi connectivity index (χ0) is 22.1. The average molecular weight is 421 g/mol. The fourth-order valence-corrected chi connectivity index (χ4v) is 3.78. The topological polar surface area (TPSA) is 67.2 Å². The summed E-state index contributed by atoms with van der Waals surface area (Å²) in [6.07, 6.45) is 3.68. The van der Waals surface area contributed by atoms with Crippen LogP contribution in [0.3, 0.4) is 0 Å². The Morgan fingerprint density at radius 2 is 1.65 bits per heavy atom. The highest BCUT2D eigenvalue weighted by molar-refractivity contribution is 5.94. The van der Waals surface area contributed by atoms with Gasteiger partial charge in [0.05, 0.1) is 11.0 Å². The fourth-order valence-electron chi connectivity index (χ4n) is 3.78. The van der Waals surface area contributed by atoms with Gasteiger partial charge < -0.3 is 14.8 Å². The molecule has 0 saturated heterocycles. The lowest BCUT2D eigenvalue weighted by atomic mass is 10.1. The van der Waals surface area contributed by atoms with Gasteiger partial charge in [0, 0.05) is 31.6 Å². The maximum atomic E-state index is 12.7. The van der Waals surface area contributed by atoms with E-state index in [0.29, 0.717) is 31.7 Å². The minimum absolute atomic E-state index is 0.0303. The van der Waals surface area contributed by atoms with E-state index < -0.39 is 0 Å². The van der Waals surface area contributed by atoms with Crippen LogP contribution >= 0.6 is 0 Å². The number of nitrogens with one attached hydrogen (secondary N) is 1. The van der Waals surface area contributed by atoms with Crippen molar-refractivity contribution in [3.63, 3.8) is 0 Å². The summed E-state index contributed by atoms with van der Waals surface area (Å²) < 4.78 is 2.06. The van der Waals surface area contributed by atoms with Crippen molar-refractivity contribution >= 4 is 22.8 Å². The number of fused-ring (bicyclic) bond motifs is 1. The molecule has 0 radical (unpaired) electrons. The molecule has 1 aromatic heterocycles. The number of para-hydroxylation sites is 2. The molecule has 1 N–H and O–H groups in total. The van der Waals surface area contributed by atoms with Crippen LogP contribution in [0, 0.1) is 0 Å². The molecule has 0 saturated carbocycles. The zero-order valence-electron chi connectivity index (χ0n) is 18.5. The Bertz CT molecular complexity index is 993. The van der Waals surface area contributed by atoms with Crippen molar-refractivity contribution in [3.8, 4) is 0 Å². The van der Waals surface area contributed by atoms with Crippen LogP contribution < -0.4 is 5.32 Å². The quantitative estimate of drug-likeness (QED) is 0.476. The number of unbranched alkanes of at least 4 members (excludes halogenated alkanes) is 2. The molecule has 6 nitrogen and oxygen atoms in total. The maximum absolute atomic E-state index is 12.7. The van der Waals surface area contributed by atoms with Gasteiger partial charge in [0.25, 0.3) is 5.91 Å². The van der Waals surface area contributed by atoms with Gasteiger partial charge in [0.15, 0.2) is 0 Å². The second-order valence-electron chi connectivity index (χ2n) is 7.60. The molecule has 3 rings (SSSR count). The second-order valence-corrected chi connectivity index (χ2v) is 7.60. The van der Waals surface area contributed by atoms with Gasteiger partial charge in [0.1, 0.15) is 12.4 Å². The van der Waals surface area contributed by atoms with Crippen LogP contribution in [0.5, 0.6) is 0 Å². The summed E-state index contributed by atoms with van der Waals surface area (Å²) in [5.74, 6) is 1.05. The summed E-state index contributed by atoms with van der Waals surface area (Å²) in [7, 11) is 0. The van der Waals surface area contributed by atoms with Gasteiger partial charge >= 0.3 is 0 Å². The molecule has 0 atom stereocenters. The van der Waals surface area contributed by atoms with Crippen molar-refractivity contribution in [1.29, 1.82) is 0 Å². The second kappa shape index (κ2) is 11.3. The first-order valence-electron chi connectivity index (χ1n) is 11.2. The summed E-state index contributed by atoms with van der Waals surface area (Å²) in [4.78, 5) is 31.4. The first-order chi connectivity index (χ1) is 15.1. The van der Waals surface area contributed by atoms with Gasteiger partial charge in [-0.25, -0.2) is 4.98 Å². The number of carbonyl (C=O) groups is 2. The number of aryl methyl sites for hydroxylation is 1. The highest BCUT2D eigenvalue weighted by Gasteiger charge is 2.16. The highest BCUT2D eigenvalue weighted by atomic mass is 16.2. The molecule has 1 heterocycles. The maximum Gasteiger partial charge on any atom is 0.251 e. The Labute approximate surface area is 184 Å². The van der Waals surface area contributed by atoms with Crippen LogP contribution in [-0.4, -0.2) is 45.9 Å². The van der Waals surface area contributed by atoms with E-state index in [1.807, 2.05) is 73.3 Å². The summed E-state index contributed by atoms with van der Waals surface area (Å²) in [5, 5.41) is 2.97. The van der Waals surface area contributed by atoms with E-state index in [0.717, 1.165) is 42.5 Å². The number of imidazole rings is 1. The fraction of sp³-hybridized carbons (Fsp3) is 0.400. The van der Waals surface area contributed by atoms with Gasteiger partial charge in [-0.1, -0.05) is 36.8 Å². The number of aromatic nitrogens is 2. The standard InChI is InChI=1S/C25H32N4O2/c1-3-28(4-2)24(30)19-29-22-16-11-10-15-21(22)27-23(29)17-9-6-12-18-26-25(31)20-13-7-5-8-14-20/h5,7-8,10-11,13-16H,3-4,6,9,12,17-19H2,1-2H3,(H,26,31). The normalized spacial score (nSPS) is 10.9. The lowest BCUT2D eigenvalue weighted by molar-refractivity contribution is -0.131. The third kappa shape index (κ3) is 5.94. The van der Waals surface area contributed by atoms with Crippen molar-refractivity contribution in [2.75, 3.05) is 19.6 Å². The molecule has 0 aliphatic carbocycles. The van der Waals surface area contributed by atoms with Gasteiger partial charge in [-0.2, -0.15) is 0 Å². The molecule has 6 heteroatoms. The molecule has 0 unspecified atom stereocenters. The predicted octanol–water partition coefficient (Wildman–Crippen LogP) is 4.05. The molecule has 0 spiro atoms. The van der Waals surface area contributed by atoms with Gasteiger partial charge in [-0.05, 0) is 51.0 Å². The summed E-state index contributed by atoms with van der Waals surface area (Å²) in [5.41, 5.74) is 2.63. The van der Waals surface area contributed by atoms with E-state index in [4.69, 9.17) is 4.98 Å². The molecule has 0 bridgehead atoms. The third-order valence-electron chi connectivity index (χ3n) is 5.54. The Morgan fingerprint density at radius 1 is 0.935 bits per heavy atom. The van der Waals surface area contributed by atoms with Crippen molar-refractivity contribution < 1.29 is 9.59 Å². The molecular weight excluding hydrogens is 388 g/mol. The largest absolute Gasteiger partial charge is 0.352 e. The van der Waals surface area contributed by atoms with Gasteiger partial charge in [-0.3, -0.25) is 9.59 Å². The number of amides is 2. The van der Waals surface area contributed by atoms with Gasteiger partial charge in [0.2, 0.25) is 5.91 Å². The number of carbonyl (C=O) groups excluding carboxylic acids is 2. The lowest BCUT2D eigenvalue weighted by Crippen LogP contribution is -2.33. The number of likely N-dealkylation sites (N-methyl/N-ethyl adjacent to an activating group) is 1. The molecule has 2 aromatic carbocycles. The smallest absolute Gasteiger partial charge is 0.251 e. The number of hydrogen-bond donors (Lipinski definition) is 1. The highest BCUT2D eigenvalue weighted by Crippen LogP contribution is 2.18.